The number of hydrogen-bond donors (Lipinski definition) is 1. The molecule has 2 aliphatic heterocycles. The minimum atomic E-state index is -3.20. The molecular weight excluding hydrogens is 214 g/mol. The Bertz CT molecular complexity index is 324. The fraction of sp³-hybridized carbons (Fsp3) is 1.00. The predicted molar refractivity (Wildman–Crippen MR) is 58.7 cm³/mol. The van der Waals surface area contributed by atoms with Crippen molar-refractivity contribution < 1.29 is 8.42 Å². The molecule has 6 heteroatoms. The Morgan fingerprint density at radius 1 is 1.27 bits per heavy atom. The van der Waals surface area contributed by atoms with Gasteiger partial charge in [-0.2, -0.15) is 17.0 Å². The summed E-state index contributed by atoms with van der Waals surface area (Å²) in [5.74, 6) is 0. The number of hydrogen-bond acceptors (Lipinski definition) is 3. The standard InChI is InChI=1S/C9H19N3O2S/c1-8(2)11-4-3-5-12(15(11,13)14)9-6-10-7-9/h8-10H,3-7H2,1-2H3. The van der Waals surface area contributed by atoms with Crippen LogP contribution < -0.4 is 5.32 Å². The van der Waals surface area contributed by atoms with Crippen molar-refractivity contribution in [2.75, 3.05) is 26.2 Å². The number of rotatable bonds is 2. The molecule has 2 saturated heterocycles. The number of nitrogens with one attached hydrogen (secondary N) is 1. The summed E-state index contributed by atoms with van der Waals surface area (Å²) in [6.07, 6.45) is 0.938. The van der Waals surface area contributed by atoms with Crippen LogP contribution in [0.15, 0.2) is 0 Å². The fourth-order valence-corrected chi connectivity index (χ4v) is 4.17. The van der Waals surface area contributed by atoms with Crippen LogP contribution >= 0.6 is 0 Å². The van der Waals surface area contributed by atoms with E-state index in [1.807, 2.05) is 13.8 Å². The molecule has 88 valence electrons. The molecule has 5 nitrogen and oxygen atoms in total. The Hall–Kier alpha value is -0.170. The summed E-state index contributed by atoms with van der Waals surface area (Å²) in [5.41, 5.74) is 0. The first-order chi connectivity index (χ1) is 7.03. The molecule has 0 saturated carbocycles. The monoisotopic (exact) mass is 233 g/mol. The molecule has 2 fully saturated rings. The van der Waals surface area contributed by atoms with E-state index in [1.165, 1.54) is 0 Å². The molecule has 0 amide bonds. The minimum absolute atomic E-state index is 0.0610. The van der Waals surface area contributed by atoms with Crippen LogP contribution in [-0.2, 0) is 10.2 Å². The van der Waals surface area contributed by atoms with Gasteiger partial charge in [0.25, 0.3) is 10.2 Å². The van der Waals surface area contributed by atoms with Gasteiger partial charge < -0.3 is 5.32 Å². The van der Waals surface area contributed by atoms with Crippen LogP contribution in [0.5, 0.6) is 0 Å². The molecule has 0 radical (unpaired) electrons. The molecule has 0 aromatic heterocycles. The van der Waals surface area contributed by atoms with Gasteiger partial charge in [-0.05, 0) is 20.3 Å². The molecule has 0 bridgehead atoms. The Morgan fingerprint density at radius 3 is 2.40 bits per heavy atom. The summed E-state index contributed by atoms with van der Waals surface area (Å²) in [6, 6.07) is 0.238. The second kappa shape index (κ2) is 4.01. The molecule has 2 rings (SSSR count). The highest BCUT2D eigenvalue weighted by molar-refractivity contribution is 7.86. The molecule has 15 heavy (non-hydrogen) atoms. The highest BCUT2D eigenvalue weighted by Gasteiger charge is 2.40. The lowest BCUT2D eigenvalue weighted by atomic mass is 10.2. The van der Waals surface area contributed by atoms with Crippen molar-refractivity contribution >= 4 is 10.2 Å². The van der Waals surface area contributed by atoms with Crippen LogP contribution in [0.1, 0.15) is 20.3 Å². The van der Waals surface area contributed by atoms with Crippen LogP contribution in [0.3, 0.4) is 0 Å². The molecule has 0 aromatic carbocycles. The van der Waals surface area contributed by atoms with E-state index < -0.39 is 10.2 Å². The second-order valence-electron chi connectivity index (χ2n) is 4.49. The van der Waals surface area contributed by atoms with Gasteiger partial charge in [-0.15, -0.1) is 0 Å². The third kappa shape index (κ3) is 1.91. The van der Waals surface area contributed by atoms with Crippen LogP contribution in [0, 0.1) is 0 Å². The highest BCUT2D eigenvalue weighted by Crippen LogP contribution is 2.22. The van der Waals surface area contributed by atoms with Crippen molar-refractivity contribution in [3.05, 3.63) is 0 Å². The van der Waals surface area contributed by atoms with Gasteiger partial charge in [0.2, 0.25) is 0 Å². The third-order valence-electron chi connectivity index (χ3n) is 3.09. The fourth-order valence-electron chi connectivity index (χ4n) is 2.12. The van der Waals surface area contributed by atoms with Crippen molar-refractivity contribution in [3.8, 4) is 0 Å². The van der Waals surface area contributed by atoms with Crippen molar-refractivity contribution in [2.45, 2.75) is 32.4 Å². The lowest BCUT2D eigenvalue weighted by molar-refractivity contribution is 0.185. The van der Waals surface area contributed by atoms with Crippen molar-refractivity contribution in [3.63, 3.8) is 0 Å². The van der Waals surface area contributed by atoms with Gasteiger partial charge in [0.1, 0.15) is 0 Å². The average Bonchev–Trinajstić information content (AvgIpc) is 2.04. The van der Waals surface area contributed by atoms with Crippen LogP contribution in [-0.4, -0.2) is 55.3 Å². The van der Waals surface area contributed by atoms with Crippen LogP contribution in [0.25, 0.3) is 0 Å². The topological polar surface area (TPSA) is 52.6 Å². The van der Waals surface area contributed by atoms with E-state index in [0.29, 0.717) is 13.1 Å². The molecule has 0 unspecified atom stereocenters. The predicted octanol–water partition coefficient (Wildman–Crippen LogP) is -0.381. The van der Waals surface area contributed by atoms with Gasteiger partial charge in [0, 0.05) is 32.2 Å². The zero-order valence-corrected chi connectivity index (χ0v) is 10.1. The molecule has 2 aliphatic rings. The van der Waals surface area contributed by atoms with Gasteiger partial charge >= 0.3 is 0 Å². The second-order valence-corrected chi connectivity index (χ2v) is 6.32. The summed E-state index contributed by atoms with van der Waals surface area (Å²) >= 11 is 0. The van der Waals surface area contributed by atoms with E-state index >= 15 is 0 Å². The summed E-state index contributed by atoms with van der Waals surface area (Å²) in [7, 11) is -3.20. The Morgan fingerprint density at radius 2 is 1.93 bits per heavy atom. The summed E-state index contributed by atoms with van der Waals surface area (Å²) in [4.78, 5) is 0. The summed E-state index contributed by atoms with van der Waals surface area (Å²) in [5, 5.41) is 3.12. The van der Waals surface area contributed by atoms with E-state index in [4.69, 9.17) is 0 Å². The van der Waals surface area contributed by atoms with Gasteiger partial charge in [-0.3, -0.25) is 0 Å². The SMILES string of the molecule is CC(C)N1CCCN(C2CNC2)S1(=O)=O. The number of nitrogens with zero attached hydrogens (tertiary/aromatic N) is 2. The summed E-state index contributed by atoms with van der Waals surface area (Å²) < 4.78 is 27.7. The molecule has 0 spiro atoms. The molecule has 2 heterocycles. The zero-order chi connectivity index (χ0) is 11.1. The largest absolute Gasteiger partial charge is 0.313 e. The van der Waals surface area contributed by atoms with Crippen molar-refractivity contribution in [1.29, 1.82) is 0 Å². The summed E-state index contributed by atoms with van der Waals surface area (Å²) in [6.45, 7) is 6.80. The maximum atomic E-state index is 12.2. The quantitative estimate of drug-likeness (QED) is 0.707. The maximum absolute atomic E-state index is 12.2. The van der Waals surface area contributed by atoms with Gasteiger partial charge in [0.05, 0.1) is 6.04 Å². The van der Waals surface area contributed by atoms with E-state index in [2.05, 4.69) is 5.32 Å². The normalized spacial score (nSPS) is 29.3. The van der Waals surface area contributed by atoms with E-state index in [9.17, 15) is 8.42 Å². The first-order valence-corrected chi connectivity index (χ1v) is 6.92. The maximum Gasteiger partial charge on any atom is 0.282 e. The van der Waals surface area contributed by atoms with Gasteiger partial charge in [0.15, 0.2) is 0 Å². The molecule has 0 aromatic rings. The third-order valence-corrected chi connectivity index (χ3v) is 5.36. The van der Waals surface area contributed by atoms with E-state index in [-0.39, 0.29) is 12.1 Å². The van der Waals surface area contributed by atoms with Crippen LogP contribution in [0.2, 0.25) is 0 Å². The average molecular weight is 233 g/mol. The van der Waals surface area contributed by atoms with Crippen molar-refractivity contribution in [1.82, 2.24) is 13.9 Å². The Balaban J connectivity index is 2.18. The molecular formula is C9H19N3O2S. The first kappa shape index (κ1) is 11.3. The lowest BCUT2D eigenvalue weighted by Gasteiger charge is -2.43. The van der Waals surface area contributed by atoms with Crippen molar-refractivity contribution in [2.24, 2.45) is 0 Å². The zero-order valence-electron chi connectivity index (χ0n) is 9.31. The lowest BCUT2D eigenvalue weighted by Crippen LogP contribution is -2.64. The smallest absolute Gasteiger partial charge is 0.282 e. The Labute approximate surface area is 91.6 Å². The first-order valence-electron chi connectivity index (χ1n) is 5.53. The minimum Gasteiger partial charge on any atom is -0.313 e. The Kier molecular flexibility index (Phi) is 3.03. The van der Waals surface area contributed by atoms with E-state index in [0.717, 1.165) is 19.5 Å². The van der Waals surface area contributed by atoms with Gasteiger partial charge in [-0.1, -0.05) is 0 Å². The van der Waals surface area contributed by atoms with E-state index in [1.54, 1.807) is 8.61 Å². The molecule has 0 atom stereocenters. The highest BCUT2D eigenvalue weighted by atomic mass is 32.2. The van der Waals surface area contributed by atoms with Crippen LogP contribution in [0.4, 0.5) is 0 Å². The molecule has 1 N–H and O–H groups in total. The van der Waals surface area contributed by atoms with Gasteiger partial charge in [-0.25, -0.2) is 0 Å². The molecule has 0 aliphatic carbocycles.